The van der Waals surface area contributed by atoms with Crippen LogP contribution in [0.1, 0.15) is 51.9 Å². The normalized spacial score (nSPS) is 33.2. The van der Waals surface area contributed by atoms with Gasteiger partial charge in [0, 0.05) is 24.7 Å². The van der Waals surface area contributed by atoms with Crippen molar-refractivity contribution in [1.82, 2.24) is 15.1 Å². The predicted octanol–water partition coefficient (Wildman–Crippen LogP) is 2.32. The van der Waals surface area contributed by atoms with Gasteiger partial charge in [0.2, 0.25) is 0 Å². The molecule has 0 aromatic rings. The van der Waals surface area contributed by atoms with Gasteiger partial charge in [-0.2, -0.15) is 0 Å². The highest BCUT2D eigenvalue weighted by atomic mass is 15.2. The number of rotatable bonds is 6. The van der Waals surface area contributed by atoms with Gasteiger partial charge in [-0.05, 0) is 72.1 Å². The molecule has 0 aromatic heterocycles. The van der Waals surface area contributed by atoms with Crippen molar-refractivity contribution in [3.63, 3.8) is 0 Å². The van der Waals surface area contributed by atoms with Crippen LogP contribution in [0, 0.1) is 0 Å². The fraction of sp³-hybridized carbons (Fsp3) is 1.00. The number of nitrogens with zero attached hydrogens (tertiary/aromatic N) is 2. The first-order valence-corrected chi connectivity index (χ1v) is 8.34. The minimum Gasteiger partial charge on any atom is -0.314 e. The molecule has 1 N–H and O–H groups in total. The van der Waals surface area contributed by atoms with Gasteiger partial charge >= 0.3 is 0 Å². The molecule has 1 saturated heterocycles. The minimum atomic E-state index is 0.797. The second-order valence-electron chi connectivity index (χ2n) is 6.76. The topological polar surface area (TPSA) is 18.5 Å². The van der Waals surface area contributed by atoms with Crippen molar-refractivity contribution in [3.05, 3.63) is 0 Å². The second-order valence-corrected chi connectivity index (χ2v) is 6.76. The van der Waals surface area contributed by atoms with Crippen LogP contribution in [0.4, 0.5) is 0 Å². The quantitative estimate of drug-likeness (QED) is 0.797. The molecule has 1 saturated carbocycles. The van der Waals surface area contributed by atoms with Gasteiger partial charge in [-0.1, -0.05) is 6.92 Å². The van der Waals surface area contributed by atoms with Gasteiger partial charge in [0.05, 0.1) is 0 Å². The summed E-state index contributed by atoms with van der Waals surface area (Å²) >= 11 is 0. The third kappa shape index (κ3) is 4.44. The fourth-order valence-corrected chi connectivity index (χ4v) is 3.92. The second kappa shape index (κ2) is 7.61. The summed E-state index contributed by atoms with van der Waals surface area (Å²) in [6, 6.07) is 2.48. The summed E-state index contributed by atoms with van der Waals surface area (Å²) in [6.07, 6.45) is 9.66. The molecule has 0 amide bonds. The summed E-state index contributed by atoms with van der Waals surface area (Å²) in [5.41, 5.74) is 0. The Morgan fingerprint density at radius 1 is 1.11 bits per heavy atom. The monoisotopic (exact) mass is 267 g/mol. The van der Waals surface area contributed by atoms with E-state index in [1.165, 1.54) is 64.6 Å². The maximum absolute atomic E-state index is 3.70. The Bertz CT molecular complexity index is 246. The van der Waals surface area contributed by atoms with Crippen molar-refractivity contribution < 1.29 is 0 Å². The molecule has 19 heavy (non-hydrogen) atoms. The molecule has 3 heteroatoms. The van der Waals surface area contributed by atoms with Gasteiger partial charge in [0.1, 0.15) is 0 Å². The molecular weight excluding hydrogens is 234 g/mol. The Morgan fingerprint density at radius 2 is 1.84 bits per heavy atom. The van der Waals surface area contributed by atoms with E-state index in [0.29, 0.717) is 0 Å². The molecule has 2 rings (SSSR count). The molecule has 1 unspecified atom stereocenters. The lowest BCUT2D eigenvalue weighted by Crippen LogP contribution is -2.47. The molecule has 0 aromatic carbocycles. The van der Waals surface area contributed by atoms with E-state index in [4.69, 9.17) is 0 Å². The van der Waals surface area contributed by atoms with Crippen LogP contribution in [0.2, 0.25) is 0 Å². The first kappa shape index (κ1) is 15.3. The van der Waals surface area contributed by atoms with E-state index in [1.54, 1.807) is 0 Å². The zero-order valence-electron chi connectivity index (χ0n) is 13.2. The molecule has 2 aliphatic rings. The van der Waals surface area contributed by atoms with Crippen molar-refractivity contribution in [1.29, 1.82) is 0 Å². The lowest BCUT2D eigenvalue weighted by atomic mass is 9.89. The van der Waals surface area contributed by atoms with Crippen LogP contribution in [-0.2, 0) is 0 Å². The van der Waals surface area contributed by atoms with Crippen LogP contribution < -0.4 is 5.32 Å². The minimum absolute atomic E-state index is 0.797. The summed E-state index contributed by atoms with van der Waals surface area (Å²) in [5, 5.41) is 3.70. The zero-order valence-corrected chi connectivity index (χ0v) is 13.2. The molecule has 3 nitrogen and oxygen atoms in total. The Hall–Kier alpha value is -0.120. The van der Waals surface area contributed by atoms with Gasteiger partial charge in [0.25, 0.3) is 0 Å². The van der Waals surface area contributed by atoms with E-state index in [1.807, 2.05) is 0 Å². The van der Waals surface area contributed by atoms with Crippen LogP contribution >= 0.6 is 0 Å². The van der Waals surface area contributed by atoms with E-state index in [9.17, 15) is 0 Å². The Labute approximate surface area is 119 Å². The zero-order chi connectivity index (χ0) is 13.7. The number of nitrogens with one attached hydrogen (secondary N) is 1. The maximum atomic E-state index is 3.70. The molecule has 1 atom stereocenters. The molecule has 1 heterocycles. The molecule has 1 aliphatic carbocycles. The number of likely N-dealkylation sites (N-methyl/N-ethyl adjacent to an activating group) is 1. The summed E-state index contributed by atoms with van der Waals surface area (Å²) in [5.74, 6) is 0. The maximum Gasteiger partial charge on any atom is 0.0226 e. The van der Waals surface area contributed by atoms with Gasteiger partial charge in [-0.25, -0.2) is 0 Å². The van der Waals surface area contributed by atoms with E-state index < -0.39 is 0 Å². The molecule has 0 bridgehead atoms. The van der Waals surface area contributed by atoms with Crippen LogP contribution in [0.5, 0.6) is 0 Å². The van der Waals surface area contributed by atoms with E-state index in [2.05, 4.69) is 36.1 Å². The number of likely N-dealkylation sites (tertiary alicyclic amines) is 1. The third-order valence-corrected chi connectivity index (χ3v) is 4.85. The largest absolute Gasteiger partial charge is 0.314 e. The lowest BCUT2D eigenvalue weighted by molar-refractivity contribution is 0.114. The Balaban J connectivity index is 1.76. The SMILES string of the molecule is CCCNC1CCC(N2CCCC2CN(C)C)CC1. The molecule has 2 fully saturated rings. The first-order chi connectivity index (χ1) is 9.20. The molecular formula is C16H33N3. The summed E-state index contributed by atoms with van der Waals surface area (Å²) in [6.45, 7) is 6.04. The summed E-state index contributed by atoms with van der Waals surface area (Å²) in [7, 11) is 4.42. The average Bonchev–Trinajstić information content (AvgIpc) is 2.84. The molecule has 0 spiro atoms. The van der Waals surface area contributed by atoms with Crippen molar-refractivity contribution in [2.45, 2.75) is 70.0 Å². The third-order valence-electron chi connectivity index (χ3n) is 4.85. The van der Waals surface area contributed by atoms with Gasteiger partial charge in [-0.15, -0.1) is 0 Å². The number of hydrogen-bond donors (Lipinski definition) is 1. The Kier molecular flexibility index (Phi) is 6.11. The van der Waals surface area contributed by atoms with Gasteiger partial charge in [0.15, 0.2) is 0 Å². The van der Waals surface area contributed by atoms with E-state index >= 15 is 0 Å². The van der Waals surface area contributed by atoms with Crippen molar-refractivity contribution in [2.75, 3.05) is 33.7 Å². The smallest absolute Gasteiger partial charge is 0.0226 e. The first-order valence-electron chi connectivity index (χ1n) is 8.34. The van der Waals surface area contributed by atoms with Gasteiger partial charge in [-0.3, -0.25) is 4.90 Å². The van der Waals surface area contributed by atoms with Crippen molar-refractivity contribution in [2.24, 2.45) is 0 Å². The van der Waals surface area contributed by atoms with Crippen LogP contribution in [-0.4, -0.2) is 61.7 Å². The standard InChI is InChI=1S/C16H33N3/c1-4-11-17-14-7-9-15(10-8-14)19-12-5-6-16(19)13-18(2)3/h14-17H,4-13H2,1-3H3. The molecule has 112 valence electrons. The summed E-state index contributed by atoms with van der Waals surface area (Å²) < 4.78 is 0. The highest BCUT2D eigenvalue weighted by Crippen LogP contribution is 2.29. The highest BCUT2D eigenvalue weighted by molar-refractivity contribution is 4.90. The Morgan fingerprint density at radius 3 is 2.47 bits per heavy atom. The van der Waals surface area contributed by atoms with Crippen molar-refractivity contribution >= 4 is 0 Å². The average molecular weight is 267 g/mol. The number of hydrogen-bond acceptors (Lipinski definition) is 3. The van der Waals surface area contributed by atoms with E-state index in [0.717, 1.165) is 18.1 Å². The lowest BCUT2D eigenvalue weighted by Gasteiger charge is -2.39. The van der Waals surface area contributed by atoms with Crippen LogP contribution in [0.15, 0.2) is 0 Å². The predicted molar refractivity (Wildman–Crippen MR) is 82.6 cm³/mol. The van der Waals surface area contributed by atoms with E-state index in [-0.39, 0.29) is 0 Å². The summed E-state index contributed by atoms with van der Waals surface area (Å²) in [4.78, 5) is 5.19. The van der Waals surface area contributed by atoms with Gasteiger partial charge < -0.3 is 10.2 Å². The highest BCUT2D eigenvalue weighted by Gasteiger charge is 2.33. The fourth-order valence-electron chi connectivity index (χ4n) is 3.92. The van der Waals surface area contributed by atoms with Crippen molar-refractivity contribution in [3.8, 4) is 0 Å². The van der Waals surface area contributed by atoms with Crippen LogP contribution in [0.25, 0.3) is 0 Å². The van der Waals surface area contributed by atoms with Crippen LogP contribution in [0.3, 0.4) is 0 Å². The molecule has 0 radical (unpaired) electrons. The molecule has 1 aliphatic heterocycles.